The van der Waals surface area contributed by atoms with Gasteiger partial charge in [0.2, 0.25) is 0 Å². The Kier molecular flexibility index (Phi) is 5.17. The molecule has 98 valence electrons. The Balaban J connectivity index is 2.47. The molecule has 1 fully saturated rings. The van der Waals surface area contributed by atoms with Crippen molar-refractivity contribution in [2.75, 3.05) is 26.9 Å². The molecule has 1 heterocycles. The van der Waals surface area contributed by atoms with Crippen LogP contribution in [0.3, 0.4) is 0 Å². The highest BCUT2D eigenvalue weighted by Crippen LogP contribution is 2.10. The highest BCUT2D eigenvalue weighted by Gasteiger charge is 2.27. The quantitative estimate of drug-likeness (QED) is 0.593. The van der Waals surface area contributed by atoms with Gasteiger partial charge in [-0.25, -0.2) is 9.59 Å². The Bertz CT molecular complexity index is 278. The van der Waals surface area contributed by atoms with Gasteiger partial charge >= 0.3 is 12.0 Å². The number of likely N-dealkylation sites (N-methyl/N-ethyl adjacent to an activating group) is 1. The van der Waals surface area contributed by atoms with Crippen LogP contribution in [0.1, 0.15) is 12.8 Å². The lowest BCUT2D eigenvalue weighted by Gasteiger charge is -2.25. The Morgan fingerprint density at radius 2 is 2.29 bits per heavy atom. The summed E-state index contributed by atoms with van der Waals surface area (Å²) in [6.45, 7) is 0.802. The first-order chi connectivity index (χ1) is 8.06. The molecular weight excluding hydrogens is 228 g/mol. The first kappa shape index (κ1) is 13.7. The fraction of sp³-hybridized carbons (Fsp3) is 0.800. The molecule has 1 rings (SSSR count). The normalized spacial score (nSPS) is 20.9. The number of rotatable bonds is 5. The molecule has 0 aromatic heterocycles. The molecule has 0 bridgehead atoms. The summed E-state index contributed by atoms with van der Waals surface area (Å²) in [5.74, 6) is -1.15. The van der Waals surface area contributed by atoms with Crippen LogP contribution in [0.15, 0.2) is 0 Å². The van der Waals surface area contributed by atoms with Gasteiger partial charge in [-0.3, -0.25) is 0 Å². The van der Waals surface area contributed by atoms with Crippen molar-refractivity contribution in [3.05, 3.63) is 0 Å². The van der Waals surface area contributed by atoms with Crippen LogP contribution in [0.4, 0.5) is 4.79 Å². The summed E-state index contributed by atoms with van der Waals surface area (Å²) >= 11 is 0. The number of carboxylic acid groups (broad SMARTS) is 1. The Labute approximate surface area is 99.4 Å². The number of aliphatic hydroxyl groups is 1. The number of urea groups is 1. The molecule has 1 aliphatic rings. The second-order valence-corrected chi connectivity index (χ2v) is 3.98. The largest absolute Gasteiger partial charge is 0.480 e. The van der Waals surface area contributed by atoms with E-state index in [1.807, 2.05) is 0 Å². The number of aliphatic carboxylic acids is 1. The minimum absolute atomic E-state index is 0.00389. The van der Waals surface area contributed by atoms with Gasteiger partial charge < -0.3 is 25.2 Å². The number of amides is 2. The van der Waals surface area contributed by atoms with Crippen LogP contribution in [-0.4, -0.2) is 66.1 Å². The Morgan fingerprint density at radius 1 is 1.59 bits per heavy atom. The van der Waals surface area contributed by atoms with Gasteiger partial charge in [0.05, 0.1) is 12.6 Å². The lowest BCUT2D eigenvalue weighted by atomic mass is 10.2. The number of carboxylic acids is 1. The van der Waals surface area contributed by atoms with Crippen LogP contribution in [-0.2, 0) is 9.53 Å². The van der Waals surface area contributed by atoms with Crippen molar-refractivity contribution >= 4 is 12.0 Å². The average molecular weight is 246 g/mol. The van der Waals surface area contributed by atoms with Gasteiger partial charge in [0.1, 0.15) is 6.04 Å². The Morgan fingerprint density at radius 3 is 2.76 bits per heavy atom. The van der Waals surface area contributed by atoms with Crippen LogP contribution in [0.5, 0.6) is 0 Å². The maximum absolute atomic E-state index is 11.7. The van der Waals surface area contributed by atoms with Crippen LogP contribution in [0.25, 0.3) is 0 Å². The zero-order valence-electron chi connectivity index (χ0n) is 9.76. The first-order valence-electron chi connectivity index (χ1n) is 5.51. The summed E-state index contributed by atoms with van der Waals surface area (Å²) < 4.78 is 5.15. The molecule has 1 aliphatic heterocycles. The summed E-state index contributed by atoms with van der Waals surface area (Å²) in [7, 11) is 1.60. The molecule has 2 atom stereocenters. The third-order valence-corrected chi connectivity index (χ3v) is 2.79. The zero-order chi connectivity index (χ0) is 12.8. The molecule has 0 radical (unpaired) electrons. The number of aliphatic hydroxyl groups excluding tert-OH is 1. The van der Waals surface area contributed by atoms with Gasteiger partial charge in [-0.05, 0) is 6.42 Å². The fourth-order valence-electron chi connectivity index (χ4n) is 1.63. The second-order valence-electron chi connectivity index (χ2n) is 3.98. The predicted molar refractivity (Wildman–Crippen MR) is 58.6 cm³/mol. The van der Waals surface area contributed by atoms with E-state index in [-0.39, 0.29) is 19.1 Å². The van der Waals surface area contributed by atoms with Crippen molar-refractivity contribution in [3.8, 4) is 0 Å². The van der Waals surface area contributed by atoms with E-state index >= 15 is 0 Å². The molecular formula is C10H18N2O5. The van der Waals surface area contributed by atoms with Crippen LogP contribution >= 0.6 is 0 Å². The summed E-state index contributed by atoms with van der Waals surface area (Å²) in [4.78, 5) is 24.0. The van der Waals surface area contributed by atoms with E-state index in [0.29, 0.717) is 13.2 Å². The summed E-state index contributed by atoms with van der Waals surface area (Å²) in [5.41, 5.74) is 0. The van der Waals surface area contributed by atoms with E-state index in [4.69, 9.17) is 14.9 Å². The number of nitrogens with zero attached hydrogens (tertiary/aromatic N) is 1. The highest BCUT2D eigenvalue weighted by molar-refractivity contribution is 5.82. The summed E-state index contributed by atoms with van der Waals surface area (Å²) in [6, 6.07) is -1.53. The van der Waals surface area contributed by atoms with E-state index in [1.54, 1.807) is 7.05 Å². The van der Waals surface area contributed by atoms with Crippen molar-refractivity contribution in [2.24, 2.45) is 0 Å². The van der Waals surface area contributed by atoms with E-state index in [9.17, 15) is 9.59 Å². The molecule has 0 saturated carbocycles. The van der Waals surface area contributed by atoms with Crippen molar-refractivity contribution in [2.45, 2.75) is 24.9 Å². The number of ether oxygens (including phenoxy) is 1. The van der Waals surface area contributed by atoms with Gasteiger partial charge in [-0.1, -0.05) is 0 Å². The molecule has 3 N–H and O–H groups in total. The van der Waals surface area contributed by atoms with Gasteiger partial charge in [-0.15, -0.1) is 0 Å². The standard InChI is InChI=1S/C10H18N2O5/c1-12(7-3-5-17-6-7)10(16)11-8(2-4-13)9(14)15/h7-8,13H,2-6H2,1H3,(H,11,16)(H,14,15)/t7?,8-/m0/s1. The molecule has 17 heavy (non-hydrogen) atoms. The molecule has 0 aliphatic carbocycles. The molecule has 0 spiro atoms. The maximum atomic E-state index is 11.7. The number of carbonyl (C=O) groups excluding carboxylic acids is 1. The predicted octanol–water partition coefficient (Wildman–Crippen LogP) is -0.748. The van der Waals surface area contributed by atoms with E-state index in [2.05, 4.69) is 5.32 Å². The number of hydrogen-bond donors (Lipinski definition) is 3. The molecule has 0 aromatic rings. The average Bonchev–Trinajstić information content (AvgIpc) is 2.80. The third-order valence-electron chi connectivity index (χ3n) is 2.79. The monoisotopic (exact) mass is 246 g/mol. The SMILES string of the molecule is CN(C(=O)N[C@@H](CCO)C(=O)O)C1CCOC1. The minimum Gasteiger partial charge on any atom is -0.480 e. The zero-order valence-corrected chi connectivity index (χ0v) is 9.76. The van der Waals surface area contributed by atoms with Crippen LogP contribution in [0, 0.1) is 0 Å². The third kappa shape index (κ3) is 3.86. The van der Waals surface area contributed by atoms with Gasteiger partial charge in [-0.2, -0.15) is 0 Å². The van der Waals surface area contributed by atoms with Crippen molar-refractivity contribution in [3.63, 3.8) is 0 Å². The van der Waals surface area contributed by atoms with Crippen LogP contribution in [0.2, 0.25) is 0 Å². The molecule has 7 nitrogen and oxygen atoms in total. The summed E-state index contributed by atoms with van der Waals surface area (Å²) in [6.07, 6.45) is 0.748. The topological polar surface area (TPSA) is 99.1 Å². The molecule has 0 aromatic carbocycles. The number of carbonyl (C=O) groups is 2. The lowest BCUT2D eigenvalue weighted by Crippen LogP contribution is -2.50. The maximum Gasteiger partial charge on any atom is 0.326 e. The van der Waals surface area contributed by atoms with E-state index in [1.165, 1.54) is 4.90 Å². The lowest BCUT2D eigenvalue weighted by molar-refractivity contribution is -0.139. The van der Waals surface area contributed by atoms with Crippen LogP contribution < -0.4 is 5.32 Å². The van der Waals surface area contributed by atoms with E-state index in [0.717, 1.165) is 6.42 Å². The van der Waals surface area contributed by atoms with Gasteiger partial charge in [0.15, 0.2) is 0 Å². The first-order valence-corrected chi connectivity index (χ1v) is 5.51. The molecule has 1 saturated heterocycles. The second kappa shape index (κ2) is 6.41. The molecule has 2 amide bonds. The smallest absolute Gasteiger partial charge is 0.326 e. The fourth-order valence-corrected chi connectivity index (χ4v) is 1.63. The molecule has 7 heteroatoms. The van der Waals surface area contributed by atoms with E-state index < -0.39 is 18.0 Å². The molecule has 1 unspecified atom stereocenters. The minimum atomic E-state index is -1.15. The number of nitrogens with one attached hydrogen (secondary N) is 1. The van der Waals surface area contributed by atoms with Gasteiger partial charge in [0, 0.05) is 26.7 Å². The summed E-state index contributed by atoms with van der Waals surface area (Å²) in [5, 5.41) is 19.9. The Hall–Kier alpha value is -1.34. The van der Waals surface area contributed by atoms with Crippen molar-refractivity contribution < 1.29 is 24.5 Å². The number of hydrogen-bond acceptors (Lipinski definition) is 4. The van der Waals surface area contributed by atoms with Crippen molar-refractivity contribution in [1.82, 2.24) is 10.2 Å². The van der Waals surface area contributed by atoms with Crippen molar-refractivity contribution in [1.29, 1.82) is 0 Å². The highest BCUT2D eigenvalue weighted by atomic mass is 16.5. The van der Waals surface area contributed by atoms with Gasteiger partial charge in [0.25, 0.3) is 0 Å².